The lowest BCUT2D eigenvalue weighted by Gasteiger charge is -2.35. The molecular weight excluding hydrogens is 736 g/mol. The number of aromatic hydroxyl groups is 1. The van der Waals surface area contributed by atoms with Gasteiger partial charge in [-0.25, -0.2) is 4.79 Å². The maximum atomic E-state index is 13.4. The molecule has 0 radical (unpaired) electrons. The highest BCUT2D eigenvalue weighted by atomic mass is 35.5. The number of nitrogens with zero attached hydrogens (tertiary/aromatic N) is 1. The predicted molar refractivity (Wildman–Crippen MR) is 210 cm³/mol. The van der Waals surface area contributed by atoms with Crippen LogP contribution in [-0.4, -0.2) is 77.1 Å². The maximum Gasteiger partial charge on any atom is 0.349 e. The van der Waals surface area contributed by atoms with Crippen LogP contribution in [0.5, 0.6) is 11.5 Å². The quantitative estimate of drug-likeness (QED) is 0.0492. The Morgan fingerprint density at radius 2 is 1.79 bits per heavy atom. The van der Waals surface area contributed by atoms with Gasteiger partial charge in [-0.05, 0) is 97.9 Å². The van der Waals surface area contributed by atoms with Gasteiger partial charge in [0.1, 0.15) is 17.6 Å². The van der Waals surface area contributed by atoms with Gasteiger partial charge in [-0.1, -0.05) is 29.8 Å². The number of hydrogen-bond acceptors (Lipinski definition) is 12. The lowest BCUT2D eigenvalue weighted by Crippen LogP contribution is -2.42. The molecule has 0 amide bonds. The first-order chi connectivity index (χ1) is 25.6. The van der Waals surface area contributed by atoms with Gasteiger partial charge in [0.05, 0.1) is 39.2 Å². The van der Waals surface area contributed by atoms with Gasteiger partial charge < -0.3 is 45.3 Å². The molecule has 282 valence electrons. The van der Waals surface area contributed by atoms with Gasteiger partial charge in [-0.3, -0.25) is 4.79 Å². The van der Waals surface area contributed by atoms with Crippen LogP contribution in [0.1, 0.15) is 59.1 Å². The molecule has 11 nitrogen and oxygen atoms in total. The minimum Gasteiger partial charge on any atom is -0.506 e. The number of aliphatic hydroxyl groups excluding tert-OH is 1. The van der Waals surface area contributed by atoms with Crippen molar-refractivity contribution in [2.75, 3.05) is 39.1 Å². The first-order valence-corrected chi connectivity index (χ1v) is 19.8. The fourth-order valence-electron chi connectivity index (χ4n) is 6.90. The Labute approximate surface area is 321 Å². The number of methoxy groups -OCH3 is 1. The van der Waals surface area contributed by atoms with Crippen molar-refractivity contribution < 1.29 is 29.6 Å². The molecule has 0 spiro atoms. The van der Waals surface area contributed by atoms with E-state index in [1.165, 1.54) is 34.8 Å². The first-order valence-electron chi connectivity index (χ1n) is 17.6. The molecule has 0 aliphatic heterocycles. The molecule has 1 atom stereocenters. The third-order valence-electron chi connectivity index (χ3n) is 9.87. The van der Waals surface area contributed by atoms with Crippen LogP contribution in [0, 0.1) is 0 Å². The highest BCUT2D eigenvalue weighted by molar-refractivity contribution is 7.12. The topological polar surface area (TPSA) is 156 Å². The molecular formula is C39H45ClN4O7S2. The Kier molecular flexibility index (Phi) is 12.8. The van der Waals surface area contributed by atoms with E-state index in [9.17, 15) is 24.9 Å². The Morgan fingerprint density at radius 1 is 1.08 bits per heavy atom. The summed E-state index contributed by atoms with van der Waals surface area (Å²) in [5, 5.41) is 44.3. The largest absolute Gasteiger partial charge is 0.506 e. The van der Waals surface area contributed by atoms with Crippen molar-refractivity contribution in [3.05, 3.63) is 108 Å². The molecule has 1 aliphatic carbocycles. The van der Waals surface area contributed by atoms with Gasteiger partial charge in [0.2, 0.25) is 11.2 Å². The molecule has 6 rings (SSSR count). The number of thiophene rings is 2. The second kappa shape index (κ2) is 17.5. The summed E-state index contributed by atoms with van der Waals surface area (Å²) in [5.74, 6) is -0.0173. The smallest absolute Gasteiger partial charge is 0.349 e. The summed E-state index contributed by atoms with van der Waals surface area (Å²) < 4.78 is 11.5. The summed E-state index contributed by atoms with van der Waals surface area (Å²) in [7, 11) is 3.73. The predicted octanol–water partition coefficient (Wildman–Crippen LogP) is 6.37. The molecule has 0 bridgehead atoms. The van der Waals surface area contributed by atoms with Gasteiger partial charge in [-0.15, -0.1) is 22.7 Å². The summed E-state index contributed by atoms with van der Waals surface area (Å²) >= 11 is 9.52. The number of hydrogen-bond donors (Lipinski definition) is 6. The van der Waals surface area contributed by atoms with Crippen LogP contribution in [0.2, 0.25) is 5.02 Å². The number of benzene rings is 2. The highest BCUT2D eigenvalue weighted by Crippen LogP contribution is 2.38. The number of rotatable bonds is 16. The van der Waals surface area contributed by atoms with Crippen molar-refractivity contribution in [3.63, 3.8) is 0 Å². The minimum absolute atomic E-state index is 0.0608. The van der Waals surface area contributed by atoms with Crippen LogP contribution >= 0.6 is 34.3 Å². The van der Waals surface area contributed by atoms with Gasteiger partial charge in [-0.2, -0.15) is 0 Å². The van der Waals surface area contributed by atoms with Crippen LogP contribution in [0.3, 0.4) is 0 Å². The number of anilines is 1. The number of esters is 1. The van der Waals surface area contributed by atoms with Crippen molar-refractivity contribution >= 4 is 56.8 Å². The maximum absolute atomic E-state index is 13.4. The lowest BCUT2D eigenvalue weighted by molar-refractivity contribution is -0.169. The number of aliphatic hydroxyl groups is 2. The third kappa shape index (κ3) is 8.89. The van der Waals surface area contributed by atoms with Gasteiger partial charge >= 0.3 is 5.97 Å². The number of phenols is 1. The number of halogens is 1. The zero-order valence-electron chi connectivity index (χ0n) is 29.6. The van der Waals surface area contributed by atoms with Crippen molar-refractivity contribution in [2.24, 2.45) is 0 Å². The monoisotopic (exact) mass is 780 g/mol. The molecule has 6 N–H and O–H groups in total. The van der Waals surface area contributed by atoms with Crippen molar-refractivity contribution in [1.82, 2.24) is 15.2 Å². The lowest BCUT2D eigenvalue weighted by atomic mass is 9.91. The molecule has 53 heavy (non-hydrogen) atoms. The van der Waals surface area contributed by atoms with E-state index in [0.29, 0.717) is 50.6 Å². The molecule has 2 aromatic carbocycles. The zero-order chi connectivity index (χ0) is 37.5. The summed E-state index contributed by atoms with van der Waals surface area (Å²) in [6.07, 6.45) is 3.01. The van der Waals surface area contributed by atoms with Gasteiger partial charge in [0, 0.05) is 43.2 Å². The molecule has 0 unspecified atom stereocenters. The second-order valence-electron chi connectivity index (χ2n) is 13.3. The van der Waals surface area contributed by atoms with Crippen molar-refractivity contribution in [1.29, 1.82) is 0 Å². The number of carbonyl (C=O) groups excluding carboxylic acids is 1. The number of pyridine rings is 1. The molecule has 3 heterocycles. The summed E-state index contributed by atoms with van der Waals surface area (Å²) in [6.45, 7) is 2.14. The van der Waals surface area contributed by atoms with Crippen molar-refractivity contribution in [2.45, 2.75) is 62.5 Å². The molecule has 1 fully saturated rings. The Morgan fingerprint density at radius 3 is 2.45 bits per heavy atom. The van der Waals surface area contributed by atoms with Gasteiger partial charge in [0.25, 0.3) is 0 Å². The number of ether oxygens (including phenoxy) is 2. The Balaban J connectivity index is 0.962. The van der Waals surface area contributed by atoms with E-state index in [2.05, 4.69) is 27.6 Å². The number of phenolic OH excluding ortho intramolecular Hbond substituents is 1. The Hall–Kier alpha value is -3.95. The number of fused-ring (bicyclic) bond motifs is 1. The molecule has 1 aliphatic rings. The number of aromatic nitrogens is 1. The van der Waals surface area contributed by atoms with Crippen LogP contribution in [0.15, 0.2) is 76.2 Å². The molecule has 5 aromatic rings. The second-order valence-corrected chi connectivity index (χ2v) is 15.6. The average molecular weight is 781 g/mol. The number of nitrogens with one attached hydrogen (secondary N) is 3. The fourth-order valence-corrected chi connectivity index (χ4v) is 8.86. The van der Waals surface area contributed by atoms with E-state index in [0.717, 1.165) is 49.9 Å². The minimum atomic E-state index is -1.79. The normalized spacial score (nSPS) is 16.9. The van der Waals surface area contributed by atoms with Crippen LogP contribution in [0.25, 0.3) is 10.9 Å². The van der Waals surface area contributed by atoms with Crippen LogP contribution < -0.4 is 20.9 Å². The van der Waals surface area contributed by atoms with Gasteiger partial charge in [0.15, 0.2) is 0 Å². The SMILES string of the molecule is COc1cc(CNC[C@H](O)c2ccc(O)c3[nH]c(=O)ccc23)c(Cl)c(NCCCN(C)C2CCC(OC(=O)C(O)(c3cccs3)c3cccs3)CC2)c1. The van der Waals surface area contributed by atoms with E-state index >= 15 is 0 Å². The van der Waals surface area contributed by atoms with Crippen molar-refractivity contribution in [3.8, 4) is 11.5 Å². The Bertz CT molecular complexity index is 2000. The van der Waals surface area contributed by atoms with E-state index in [4.69, 9.17) is 21.1 Å². The first kappa shape index (κ1) is 38.8. The molecule has 0 saturated heterocycles. The molecule has 3 aromatic heterocycles. The number of aromatic amines is 1. The average Bonchev–Trinajstić information content (AvgIpc) is 3.91. The van der Waals surface area contributed by atoms with E-state index in [1.54, 1.807) is 31.4 Å². The fraction of sp³-hybridized carbons (Fsp3) is 0.385. The molecule has 1 saturated carbocycles. The van der Waals surface area contributed by atoms with Crippen LogP contribution in [-0.2, 0) is 21.7 Å². The zero-order valence-corrected chi connectivity index (χ0v) is 32.0. The van der Waals surface area contributed by atoms with E-state index < -0.39 is 17.7 Å². The van der Waals surface area contributed by atoms with Crippen LogP contribution in [0.4, 0.5) is 5.69 Å². The molecule has 14 heteroatoms. The number of carbonyl (C=O) groups is 1. The third-order valence-corrected chi connectivity index (χ3v) is 12.3. The summed E-state index contributed by atoms with van der Waals surface area (Å²) in [6, 6.07) is 17.3. The van der Waals surface area contributed by atoms with E-state index in [-0.39, 0.29) is 29.5 Å². The summed E-state index contributed by atoms with van der Waals surface area (Å²) in [5.41, 5.74) is 0.299. The number of H-pyrrole nitrogens is 1. The summed E-state index contributed by atoms with van der Waals surface area (Å²) in [4.78, 5) is 31.3. The van der Waals surface area contributed by atoms with E-state index in [1.807, 2.05) is 35.0 Å². The highest BCUT2D eigenvalue weighted by Gasteiger charge is 2.45. The standard InChI is InChI=1S/C39H45ClN4O7S2/c1-44(25-8-10-26(11-9-25)51-38(48)39(49,33-6-3-18-52-33)34-7-4-19-53-34)17-5-16-42-30-21-27(50-2)20-24(36(30)40)22-41-23-32(46)28-12-14-31(45)37-29(28)13-15-35(47)43-37/h3-4,6-7,12-15,18-21,25-26,32,41-42,45-46,49H,5,8-11,16-17,22-23H2,1-2H3,(H,43,47)/t25?,26?,32-/m0/s1.